The standard InChI is InChI=1S/C23H38N2O5/c1-2-19-20(30-19)14-12-10-8-6-4-3-5-7-9-11-13-15-22(27)25-18(23(28)29)16-17-21(24)26/h4,6,10,12,18-20H,2-3,5,7-9,11,13-17H2,1H3,(H2,24,26)(H,25,27)(H,28,29). The number of hydrogen-bond donors (Lipinski definition) is 3. The van der Waals surface area contributed by atoms with E-state index in [0.29, 0.717) is 18.6 Å². The molecule has 0 spiro atoms. The zero-order valence-corrected chi connectivity index (χ0v) is 18.2. The van der Waals surface area contributed by atoms with Crippen molar-refractivity contribution in [3.05, 3.63) is 24.3 Å². The first-order valence-corrected chi connectivity index (χ1v) is 11.2. The van der Waals surface area contributed by atoms with Crippen LogP contribution in [0.4, 0.5) is 0 Å². The fourth-order valence-electron chi connectivity index (χ4n) is 3.25. The van der Waals surface area contributed by atoms with Crippen LogP contribution < -0.4 is 11.1 Å². The number of nitrogens with one attached hydrogen (secondary N) is 1. The second-order valence-corrected chi connectivity index (χ2v) is 7.81. The van der Waals surface area contributed by atoms with Crippen molar-refractivity contribution in [1.82, 2.24) is 5.32 Å². The van der Waals surface area contributed by atoms with Crippen LogP contribution >= 0.6 is 0 Å². The number of amides is 2. The summed E-state index contributed by atoms with van der Waals surface area (Å²) in [6.07, 6.45) is 19.2. The van der Waals surface area contributed by atoms with Crippen LogP contribution in [-0.2, 0) is 19.1 Å². The van der Waals surface area contributed by atoms with Gasteiger partial charge in [0.15, 0.2) is 0 Å². The third-order valence-electron chi connectivity index (χ3n) is 5.15. The van der Waals surface area contributed by atoms with Gasteiger partial charge in [0.25, 0.3) is 0 Å². The van der Waals surface area contributed by atoms with Gasteiger partial charge in [-0.15, -0.1) is 0 Å². The molecule has 1 fully saturated rings. The van der Waals surface area contributed by atoms with Gasteiger partial charge in [0.05, 0.1) is 12.2 Å². The van der Waals surface area contributed by atoms with Crippen LogP contribution in [0.2, 0.25) is 0 Å². The summed E-state index contributed by atoms with van der Waals surface area (Å²) < 4.78 is 5.49. The Labute approximate surface area is 180 Å². The molecule has 0 radical (unpaired) electrons. The number of carboxylic acid groups (broad SMARTS) is 1. The van der Waals surface area contributed by atoms with Crippen LogP contribution in [0.5, 0.6) is 0 Å². The molecule has 3 atom stereocenters. The van der Waals surface area contributed by atoms with Gasteiger partial charge in [-0.3, -0.25) is 9.59 Å². The topological polar surface area (TPSA) is 122 Å². The molecule has 1 aliphatic rings. The maximum absolute atomic E-state index is 11.8. The number of allylic oxidation sites excluding steroid dienone is 3. The number of ether oxygens (including phenoxy) is 1. The van der Waals surface area contributed by atoms with E-state index < -0.39 is 17.9 Å². The third kappa shape index (κ3) is 13.1. The van der Waals surface area contributed by atoms with Gasteiger partial charge in [-0.05, 0) is 44.9 Å². The average molecular weight is 423 g/mol. The van der Waals surface area contributed by atoms with Gasteiger partial charge in [-0.25, -0.2) is 4.79 Å². The van der Waals surface area contributed by atoms with E-state index in [1.165, 1.54) is 0 Å². The summed E-state index contributed by atoms with van der Waals surface area (Å²) in [5.74, 6) is -2.01. The molecule has 0 bridgehead atoms. The lowest BCUT2D eigenvalue weighted by Gasteiger charge is -2.13. The molecule has 30 heavy (non-hydrogen) atoms. The van der Waals surface area contributed by atoms with Crippen molar-refractivity contribution in [2.24, 2.45) is 5.73 Å². The number of nitrogens with two attached hydrogens (primary N) is 1. The Morgan fingerprint density at radius 2 is 1.70 bits per heavy atom. The highest BCUT2D eigenvalue weighted by Crippen LogP contribution is 2.28. The smallest absolute Gasteiger partial charge is 0.326 e. The van der Waals surface area contributed by atoms with Gasteiger partial charge >= 0.3 is 5.97 Å². The van der Waals surface area contributed by atoms with Crippen molar-refractivity contribution in [2.45, 2.75) is 102 Å². The number of unbranched alkanes of at least 4 members (excludes halogenated alkanes) is 5. The highest BCUT2D eigenvalue weighted by atomic mass is 16.6. The first-order valence-electron chi connectivity index (χ1n) is 11.2. The zero-order chi connectivity index (χ0) is 22.2. The minimum Gasteiger partial charge on any atom is -0.480 e. The van der Waals surface area contributed by atoms with Crippen molar-refractivity contribution < 1.29 is 24.2 Å². The number of carbonyl (C=O) groups excluding carboxylic acids is 2. The van der Waals surface area contributed by atoms with E-state index in [0.717, 1.165) is 57.8 Å². The van der Waals surface area contributed by atoms with Gasteiger partial charge in [-0.1, -0.05) is 50.5 Å². The highest BCUT2D eigenvalue weighted by molar-refractivity contribution is 5.84. The number of carbonyl (C=O) groups is 3. The van der Waals surface area contributed by atoms with Crippen molar-refractivity contribution in [2.75, 3.05) is 0 Å². The SMILES string of the molecule is CCC1OC1CC=CCC=CCCCCCCCC(=O)NC(CCC(N)=O)C(=O)O. The molecule has 4 N–H and O–H groups in total. The van der Waals surface area contributed by atoms with E-state index in [-0.39, 0.29) is 18.7 Å². The van der Waals surface area contributed by atoms with Crippen molar-refractivity contribution in [1.29, 1.82) is 0 Å². The van der Waals surface area contributed by atoms with E-state index in [1.807, 2.05) is 0 Å². The quantitative estimate of drug-likeness (QED) is 0.177. The molecule has 0 aromatic rings. The predicted molar refractivity (Wildman–Crippen MR) is 117 cm³/mol. The molecule has 1 heterocycles. The van der Waals surface area contributed by atoms with E-state index in [9.17, 15) is 14.4 Å². The molecule has 1 aliphatic heterocycles. The van der Waals surface area contributed by atoms with Crippen LogP contribution in [0.15, 0.2) is 24.3 Å². The molecule has 1 saturated heterocycles. The van der Waals surface area contributed by atoms with Gasteiger partial charge in [-0.2, -0.15) is 0 Å². The first-order chi connectivity index (χ1) is 14.4. The van der Waals surface area contributed by atoms with E-state index in [4.69, 9.17) is 15.6 Å². The van der Waals surface area contributed by atoms with Crippen molar-refractivity contribution in [3.63, 3.8) is 0 Å². The molecule has 3 unspecified atom stereocenters. The summed E-state index contributed by atoms with van der Waals surface area (Å²) in [5.41, 5.74) is 5.02. The molecule has 1 rings (SSSR count). The molecule has 0 aromatic heterocycles. The Bertz CT molecular complexity index is 588. The van der Waals surface area contributed by atoms with E-state index >= 15 is 0 Å². The molecule has 170 valence electrons. The van der Waals surface area contributed by atoms with Crippen LogP contribution in [0.25, 0.3) is 0 Å². The summed E-state index contributed by atoms with van der Waals surface area (Å²) in [4.78, 5) is 33.7. The highest BCUT2D eigenvalue weighted by Gasteiger charge is 2.35. The Kier molecular flexibility index (Phi) is 13.5. The fraction of sp³-hybridized carbons (Fsp3) is 0.696. The predicted octanol–water partition coefficient (Wildman–Crippen LogP) is 3.62. The van der Waals surface area contributed by atoms with Gasteiger partial charge in [0.2, 0.25) is 11.8 Å². The summed E-state index contributed by atoms with van der Waals surface area (Å²) in [6, 6.07) is -1.05. The zero-order valence-electron chi connectivity index (χ0n) is 18.2. The lowest BCUT2D eigenvalue weighted by molar-refractivity contribution is -0.142. The Morgan fingerprint density at radius 3 is 2.37 bits per heavy atom. The monoisotopic (exact) mass is 422 g/mol. The van der Waals surface area contributed by atoms with Gasteiger partial charge < -0.3 is 20.9 Å². The molecular weight excluding hydrogens is 384 g/mol. The minimum absolute atomic E-state index is 0.0218. The second kappa shape index (κ2) is 15.7. The fourth-order valence-corrected chi connectivity index (χ4v) is 3.25. The normalized spacial score (nSPS) is 19.2. The largest absolute Gasteiger partial charge is 0.480 e. The van der Waals surface area contributed by atoms with Crippen LogP contribution in [0, 0.1) is 0 Å². The van der Waals surface area contributed by atoms with Crippen LogP contribution in [0.3, 0.4) is 0 Å². The number of rotatable bonds is 18. The molecule has 0 aromatic carbocycles. The Balaban J connectivity index is 1.94. The summed E-state index contributed by atoms with van der Waals surface area (Å²) in [7, 11) is 0. The number of epoxide rings is 1. The molecule has 2 amide bonds. The summed E-state index contributed by atoms with van der Waals surface area (Å²) >= 11 is 0. The van der Waals surface area contributed by atoms with E-state index in [1.54, 1.807) is 0 Å². The molecule has 0 saturated carbocycles. The van der Waals surface area contributed by atoms with Crippen LogP contribution in [-0.4, -0.2) is 41.1 Å². The number of primary amides is 1. The van der Waals surface area contributed by atoms with Crippen molar-refractivity contribution >= 4 is 17.8 Å². The molecule has 7 nitrogen and oxygen atoms in total. The number of aliphatic carboxylic acids is 1. The summed E-state index contributed by atoms with van der Waals surface area (Å²) in [6.45, 7) is 2.15. The number of hydrogen-bond acceptors (Lipinski definition) is 4. The minimum atomic E-state index is -1.14. The maximum Gasteiger partial charge on any atom is 0.326 e. The van der Waals surface area contributed by atoms with Gasteiger partial charge in [0, 0.05) is 12.8 Å². The summed E-state index contributed by atoms with van der Waals surface area (Å²) in [5, 5.41) is 11.5. The molecular formula is C23H38N2O5. The van der Waals surface area contributed by atoms with Gasteiger partial charge in [0.1, 0.15) is 6.04 Å². The molecule has 0 aliphatic carbocycles. The van der Waals surface area contributed by atoms with E-state index in [2.05, 4.69) is 36.5 Å². The Morgan fingerprint density at radius 1 is 1.00 bits per heavy atom. The molecule has 7 heteroatoms. The maximum atomic E-state index is 11.8. The lowest BCUT2D eigenvalue weighted by atomic mass is 10.1. The first kappa shape index (κ1) is 25.9. The van der Waals surface area contributed by atoms with Crippen molar-refractivity contribution in [3.8, 4) is 0 Å². The Hall–Kier alpha value is -2.15. The lowest BCUT2D eigenvalue weighted by Crippen LogP contribution is -2.41. The van der Waals surface area contributed by atoms with Crippen LogP contribution in [0.1, 0.15) is 84.0 Å². The number of carboxylic acids is 1. The second-order valence-electron chi connectivity index (χ2n) is 7.81. The third-order valence-corrected chi connectivity index (χ3v) is 5.15. The average Bonchev–Trinajstić information content (AvgIpc) is 3.46.